The average Bonchev–Trinajstić information content (AvgIpc) is 3.25. The Balaban J connectivity index is 1.91. The zero-order chi connectivity index (χ0) is 15.0. The minimum atomic E-state index is -2.99. The molecule has 0 spiro atoms. The van der Waals surface area contributed by atoms with Gasteiger partial charge in [0.05, 0.1) is 5.69 Å². The van der Waals surface area contributed by atoms with Gasteiger partial charge in [0.1, 0.15) is 18.3 Å². The van der Waals surface area contributed by atoms with E-state index < -0.39 is 12.7 Å². The summed E-state index contributed by atoms with van der Waals surface area (Å²) in [6.45, 7) is -3.18. The molecule has 21 heavy (non-hydrogen) atoms. The Morgan fingerprint density at radius 1 is 1.24 bits per heavy atom. The molecule has 1 aliphatic heterocycles. The first-order valence-electron chi connectivity index (χ1n) is 6.71. The SMILES string of the molecule is O=C1CN(c2ccccc2OC(F)F)C(=O)C(C2CC2)N1. The first kappa shape index (κ1) is 13.8. The molecule has 1 saturated carbocycles. The van der Waals surface area contributed by atoms with Crippen molar-refractivity contribution in [2.24, 2.45) is 5.92 Å². The molecular formula is C14H14F2N2O3. The van der Waals surface area contributed by atoms with Crippen molar-refractivity contribution >= 4 is 17.5 Å². The minimum Gasteiger partial charge on any atom is -0.433 e. The van der Waals surface area contributed by atoms with Crippen molar-refractivity contribution in [2.75, 3.05) is 11.4 Å². The van der Waals surface area contributed by atoms with E-state index in [-0.39, 0.29) is 35.7 Å². The zero-order valence-corrected chi connectivity index (χ0v) is 11.1. The highest BCUT2D eigenvalue weighted by Crippen LogP contribution is 2.37. The molecule has 1 heterocycles. The van der Waals surface area contributed by atoms with Gasteiger partial charge in [0, 0.05) is 0 Å². The van der Waals surface area contributed by atoms with Crippen LogP contribution in [0.15, 0.2) is 24.3 Å². The van der Waals surface area contributed by atoms with Crippen molar-refractivity contribution in [1.29, 1.82) is 0 Å². The summed E-state index contributed by atoms with van der Waals surface area (Å²) in [4.78, 5) is 25.5. The molecule has 1 aromatic rings. The number of benzene rings is 1. The number of rotatable bonds is 4. The lowest BCUT2D eigenvalue weighted by Crippen LogP contribution is -2.59. The number of para-hydroxylation sites is 2. The first-order chi connectivity index (χ1) is 10.1. The number of piperazine rings is 1. The van der Waals surface area contributed by atoms with E-state index in [0.29, 0.717) is 0 Å². The van der Waals surface area contributed by atoms with Crippen LogP contribution in [-0.4, -0.2) is 31.0 Å². The van der Waals surface area contributed by atoms with Crippen molar-refractivity contribution in [3.8, 4) is 5.75 Å². The van der Waals surface area contributed by atoms with E-state index in [1.807, 2.05) is 0 Å². The molecule has 0 bridgehead atoms. The van der Waals surface area contributed by atoms with E-state index in [2.05, 4.69) is 10.1 Å². The molecule has 2 amide bonds. The number of carbonyl (C=O) groups is 2. The van der Waals surface area contributed by atoms with Gasteiger partial charge in [-0.3, -0.25) is 14.5 Å². The Morgan fingerprint density at radius 2 is 1.95 bits per heavy atom. The van der Waals surface area contributed by atoms with E-state index in [4.69, 9.17) is 0 Å². The van der Waals surface area contributed by atoms with Gasteiger partial charge in [0.25, 0.3) is 0 Å². The van der Waals surface area contributed by atoms with Gasteiger partial charge in [-0.2, -0.15) is 8.78 Å². The van der Waals surface area contributed by atoms with Gasteiger partial charge in [-0.25, -0.2) is 0 Å². The van der Waals surface area contributed by atoms with Crippen LogP contribution in [0.25, 0.3) is 0 Å². The highest BCUT2D eigenvalue weighted by Gasteiger charge is 2.43. The fourth-order valence-electron chi connectivity index (χ4n) is 2.50. The molecule has 2 aliphatic rings. The maximum Gasteiger partial charge on any atom is 0.387 e. The van der Waals surface area contributed by atoms with Crippen molar-refractivity contribution in [1.82, 2.24) is 5.32 Å². The number of hydrogen-bond donors (Lipinski definition) is 1. The summed E-state index contributed by atoms with van der Waals surface area (Å²) in [6, 6.07) is 5.44. The summed E-state index contributed by atoms with van der Waals surface area (Å²) in [5, 5.41) is 2.67. The minimum absolute atomic E-state index is 0.106. The third-order valence-corrected chi connectivity index (χ3v) is 3.62. The maximum absolute atomic E-state index is 12.5. The molecule has 1 unspecified atom stereocenters. The van der Waals surface area contributed by atoms with Gasteiger partial charge in [0.2, 0.25) is 11.8 Å². The molecule has 3 rings (SSSR count). The summed E-state index contributed by atoms with van der Waals surface area (Å²) >= 11 is 0. The summed E-state index contributed by atoms with van der Waals surface area (Å²) in [5.74, 6) is -0.529. The predicted octanol–water partition coefficient (Wildman–Crippen LogP) is 1.53. The van der Waals surface area contributed by atoms with E-state index >= 15 is 0 Å². The van der Waals surface area contributed by atoms with Crippen molar-refractivity contribution in [3.63, 3.8) is 0 Å². The Bertz CT molecular complexity index is 575. The molecular weight excluding hydrogens is 282 g/mol. The van der Waals surface area contributed by atoms with E-state index in [1.54, 1.807) is 6.07 Å². The van der Waals surface area contributed by atoms with Gasteiger partial charge < -0.3 is 10.1 Å². The number of nitrogens with zero attached hydrogens (tertiary/aromatic N) is 1. The highest BCUT2D eigenvalue weighted by atomic mass is 19.3. The van der Waals surface area contributed by atoms with Crippen molar-refractivity contribution < 1.29 is 23.1 Å². The lowest BCUT2D eigenvalue weighted by Gasteiger charge is -2.33. The third kappa shape index (κ3) is 2.81. The topological polar surface area (TPSA) is 58.6 Å². The second-order valence-electron chi connectivity index (χ2n) is 5.15. The molecule has 1 aromatic carbocycles. The fraction of sp³-hybridized carbons (Fsp3) is 0.429. The Labute approximate surface area is 119 Å². The lowest BCUT2D eigenvalue weighted by atomic mass is 10.1. The van der Waals surface area contributed by atoms with Crippen LogP contribution in [0.1, 0.15) is 12.8 Å². The molecule has 2 fully saturated rings. The maximum atomic E-state index is 12.5. The standard InChI is InChI=1S/C14H14F2N2O3/c15-14(16)21-10-4-2-1-3-9(10)18-7-11(19)17-12(13(18)20)8-5-6-8/h1-4,8,12,14H,5-7H2,(H,17,19). The van der Waals surface area contributed by atoms with Gasteiger partial charge in [-0.15, -0.1) is 0 Å². The summed E-state index contributed by atoms with van der Waals surface area (Å²) in [6.07, 6.45) is 1.78. The molecule has 1 N–H and O–H groups in total. The normalized spacial score (nSPS) is 22.4. The number of ether oxygens (including phenoxy) is 1. The lowest BCUT2D eigenvalue weighted by molar-refractivity contribution is -0.131. The first-order valence-corrected chi connectivity index (χ1v) is 6.71. The van der Waals surface area contributed by atoms with Crippen molar-refractivity contribution in [2.45, 2.75) is 25.5 Å². The number of nitrogens with one attached hydrogen (secondary N) is 1. The third-order valence-electron chi connectivity index (χ3n) is 3.62. The van der Waals surface area contributed by atoms with Crippen LogP contribution >= 0.6 is 0 Å². The smallest absolute Gasteiger partial charge is 0.387 e. The molecule has 1 saturated heterocycles. The van der Waals surface area contributed by atoms with Crippen LogP contribution in [0, 0.1) is 5.92 Å². The summed E-state index contributed by atoms with van der Waals surface area (Å²) in [5.41, 5.74) is 0.198. The second-order valence-corrected chi connectivity index (χ2v) is 5.15. The van der Waals surface area contributed by atoms with E-state index in [0.717, 1.165) is 12.8 Å². The monoisotopic (exact) mass is 296 g/mol. The fourth-order valence-corrected chi connectivity index (χ4v) is 2.50. The number of anilines is 1. The largest absolute Gasteiger partial charge is 0.433 e. The van der Waals surface area contributed by atoms with Crippen LogP contribution in [-0.2, 0) is 9.59 Å². The van der Waals surface area contributed by atoms with E-state index in [1.165, 1.54) is 23.1 Å². The molecule has 0 radical (unpaired) electrons. The van der Waals surface area contributed by atoms with Crippen LogP contribution < -0.4 is 15.0 Å². The van der Waals surface area contributed by atoms with E-state index in [9.17, 15) is 18.4 Å². The molecule has 1 atom stereocenters. The number of hydrogen-bond acceptors (Lipinski definition) is 3. The Kier molecular flexibility index (Phi) is 3.48. The number of amides is 2. The number of halogens is 2. The van der Waals surface area contributed by atoms with Crippen LogP contribution in [0.5, 0.6) is 5.75 Å². The Hall–Kier alpha value is -2.18. The molecule has 1 aliphatic carbocycles. The zero-order valence-electron chi connectivity index (χ0n) is 11.1. The predicted molar refractivity (Wildman–Crippen MR) is 70.1 cm³/mol. The Morgan fingerprint density at radius 3 is 2.62 bits per heavy atom. The van der Waals surface area contributed by atoms with Gasteiger partial charge >= 0.3 is 6.61 Å². The second kappa shape index (κ2) is 5.31. The van der Waals surface area contributed by atoms with Crippen molar-refractivity contribution in [3.05, 3.63) is 24.3 Å². The summed E-state index contributed by atoms with van der Waals surface area (Å²) in [7, 11) is 0. The van der Waals surface area contributed by atoms with Crippen LogP contribution in [0.4, 0.5) is 14.5 Å². The molecule has 0 aromatic heterocycles. The van der Waals surface area contributed by atoms with Gasteiger partial charge in [-0.1, -0.05) is 12.1 Å². The highest BCUT2D eigenvalue weighted by molar-refractivity contribution is 6.07. The summed E-state index contributed by atoms with van der Waals surface area (Å²) < 4.78 is 29.3. The van der Waals surface area contributed by atoms with Gasteiger partial charge in [0.15, 0.2) is 0 Å². The quantitative estimate of drug-likeness (QED) is 0.916. The molecule has 7 heteroatoms. The van der Waals surface area contributed by atoms with Crippen LogP contribution in [0.2, 0.25) is 0 Å². The number of carbonyl (C=O) groups excluding carboxylic acids is 2. The number of alkyl halides is 2. The average molecular weight is 296 g/mol. The molecule has 112 valence electrons. The van der Waals surface area contributed by atoms with Gasteiger partial charge in [-0.05, 0) is 30.9 Å². The molecule has 5 nitrogen and oxygen atoms in total. The van der Waals surface area contributed by atoms with Crippen LogP contribution in [0.3, 0.4) is 0 Å².